The van der Waals surface area contributed by atoms with Crippen molar-refractivity contribution < 1.29 is 13.9 Å². The number of nitrogens with two attached hydrogens (primary N) is 1. The number of benzene rings is 1. The number of furan rings is 1. The van der Waals surface area contributed by atoms with E-state index in [0.29, 0.717) is 17.9 Å². The van der Waals surface area contributed by atoms with Gasteiger partial charge in [0.05, 0.1) is 25.3 Å². The molecule has 1 atom stereocenters. The maximum absolute atomic E-state index is 12.4. The van der Waals surface area contributed by atoms with E-state index >= 15 is 0 Å². The molecule has 2 heterocycles. The van der Waals surface area contributed by atoms with Crippen LogP contribution in [0.2, 0.25) is 0 Å². The zero-order valence-electron chi connectivity index (χ0n) is 15.3. The third kappa shape index (κ3) is 5.87. The highest BCUT2D eigenvalue weighted by Crippen LogP contribution is 2.27. The van der Waals surface area contributed by atoms with Gasteiger partial charge >= 0.3 is 0 Å². The number of rotatable bonds is 7. The molecular weight excluding hydrogens is 389 g/mol. The molecule has 6 nitrogen and oxygen atoms in total. The normalized spacial score (nSPS) is 14.7. The summed E-state index contributed by atoms with van der Waals surface area (Å²) in [5.74, 6) is 1.29. The summed E-state index contributed by atoms with van der Waals surface area (Å²) in [5.41, 5.74) is 7.18. The lowest BCUT2D eigenvalue weighted by atomic mass is 10.0. The Kier molecular flexibility index (Phi) is 9.66. The van der Waals surface area contributed by atoms with Crippen LogP contribution in [0.25, 0.3) is 0 Å². The smallest absolute Gasteiger partial charge is 0.254 e. The van der Waals surface area contributed by atoms with Gasteiger partial charge in [-0.2, -0.15) is 0 Å². The van der Waals surface area contributed by atoms with Crippen molar-refractivity contribution in [2.75, 3.05) is 26.7 Å². The average molecular weight is 416 g/mol. The van der Waals surface area contributed by atoms with Crippen LogP contribution >= 0.6 is 24.8 Å². The summed E-state index contributed by atoms with van der Waals surface area (Å²) in [7, 11) is 1.67. The molecule has 27 heavy (non-hydrogen) atoms. The highest BCUT2D eigenvalue weighted by Gasteiger charge is 2.24. The van der Waals surface area contributed by atoms with E-state index in [1.807, 2.05) is 18.2 Å². The van der Waals surface area contributed by atoms with Gasteiger partial charge in [-0.1, -0.05) is 12.1 Å². The van der Waals surface area contributed by atoms with Crippen LogP contribution < -0.4 is 15.8 Å². The topological polar surface area (TPSA) is 80.7 Å². The van der Waals surface area contributed by atoms with Gasteiger partial charge < -0.3 is 20.2 Å². The summed E-state index contributed by atoms with van der Waals surface area (Å²) in [6.07, 6.45) is 3.83. The number of hydrogen-bond acceptors (Lipinski definition) is 5. The molecular formula is C19H27Cl2N3O3. The molecule has 1 aromatic heterocycles. The van der Waals surface area contributed by atoms with Crippen molar-refractivity contribution >= 4 is 30.7 Å². The van der Waals surface area contributed by atoms with Crippen LogP contribution in [0.15, 0.2) is 41.0 Å². The SMILES string of the molecule is COc1cccc(C(CNC(=O)c2coc(CN)c2)N2CCCC2)c1.Cl.Cl. The van der Waals surface area contributed by atoms with E-state index in [1.165, 1.54) is 19.1 Å². The van der Waals surface area contributed by atoms with Gasteiger partial charge in [0.2, 0.25) is 0 Å². The van der Waals surface area contributed by atoms with Gasteiger partial charge in [-0.3, -0.25) is 9.69 Å². The Morgan fingerprint density at radius 2 is 2.04 bits per heavy atom. The standard InChI is InChI=1S/C19H25N3O3.2ClH/c1-24-16-6-4-5-14(9-16)18(22-7-2-3-8-22)12-21-19(23)15-10-17(11-20)25-13-15;;/h4-6,9-10,13,18H,2-3,7-8,11-12,20H2,1H3,(H,21,23);2*1H. The Morgan fingerprint density at radius 3 is 2.67 bits per heavy atom. The first kappa shape index (κ1) is 23.3. The molecule has 0 aliphatic carbocycles. The molecule has 8 heteroatoms. The van der Waals surface area contributed by atoms with Crippen LogP contribution in [0, 0.1) is 0 Å². The number of amides is 1. The summed E-state index contributed by atoms with van der Waals surface area (Å²) < 4.78 is 10.6. The molecule has 150 valence electrons. The van der Waals surface area contributed by atoms with E-state index in [1.54, 1.807) is 13.2 Å². The van der Waals surface area contributed by atoms with Gasteiger partial charge in [-0.05, 0) is 49.7 Å². The lowest BCUT2D eigenvalue weighted by Crippen LogP contribution is -2.36. The third-order valence-corrected chi connectivity index (χ3v) is 4.63. The molecule has 3 rings (SSSR count). The van der Waals surface area contributed by atoms with Crippen molar-refractivity contribution in [3.63, 3.8) is 0 Å². The zero-order valence-corrected chi connectivity index (χ0v) is 17.0. The third-order valence-electron chi connectivity index (χ3n) is 4.63. The van der Waals surface area contributed by atoms with Crippen LogP contribution in [0.4, 0.5) is 0 Å². The zero-order chi connectivity index (χ0) is 17.6. The molecule has 0 radical (unpaired) electrons. The number of nitrogens with zero attached hydrogens (tertiary/aromatic N) is 1. The average Bonchev–Trinajstić information content (AvgIpc) is 3.34. The first-order valence-electron chi connectivity index (χ1n) is 8.65. The van der Waals surface area contributed by atoms with Gasteiger partial charge in [0.1, 0.15) is 17.8 Å². The number of hydrogen-bond donors (Lipinski definition) is 2. The van der Waals surface area contributed by atoms with Crippen molar-refractivity contribution in [1.29, 1.82) is 0 Å². The lowest BCUT2D eigenvalue weighted by molar-refractivity contribution is 0.0937. The Bertz CT molecular complexity index is 718. The van der Waals surface area contributed by atoms with Gasteiger partial charge in [-0.25, -0.2) is 0 Å². The van der Waals surface area contributed by atoms with Gasteiger partial charge in [-0.15, -0.1) is 24.8 Å². The van der Waals surface area contributed by atoms with E-state index in [2.05, 4.69) is 16.3 Å². The van der Waals surface area contributed by atoms with Crippen LogP contribution in [0.3, 0.4) is 0 Å². The first-order chi connectivity index (χ1) is 12.2. The Balaban J connectivity index is 0.00000182. The molecule has 1 aromatic carbocycles. The molecule has 2 aromatic rings. The fourth-order valence-electron chi connectivity index (χ4n) is 3.26. The van der Waals surface area contributed by atoms with Crippen LogP contribution in [-0.2, 0) is 6.54 Å². The summed E-state index contributed by atoms with van der Waals surface area (Å²) >= 11 is 0. The van der Waals surface area contributed by atoms with Crippen LogP contribution in [0.1, 0.15) is 40.6 Å². The molecule has 0 saturated carbocycles. The minimum Gasteiger partial charge on any atom is -0.497 e. The Hall–Kier alpha value is -1.73. The summed E-state index contributed by atoms with van der Waals surface area (Å²) in [6, 6.07) is 9.86. The van der Waals surface area contributed by atoms with E-state index in [0.717, 1.165) is 24.4 Å². The summed E-state index contributed by atoms with van der Waals surface area (Å²) in [5, 5.41) is 3.03. The van der Waals surface area contributed by atoms with Crippen molar-refractivity contribution in [1.82, 2.24) is 10.2 Å². The van der Waals surface area contributed by atoms with E-state index in [9.17, 15) is 4.79 Å². The molecule has 1 amide bonds. The predicted octanol–water partition coefficient (Wildman–Crippen LogP) is 3.16. The summed E-state index contributed by atoms with van der Waals surface area (Å²) in [4.78, 5) is 14.8. The van der Waals surface area contributed by atoms with E-state index in [4.69, 9.17) is 14.9 Å². The molecule has 1 unspecified atom stereocenters. The second-order valence-corrected chi connectivity index (χ2v) is 6.25. The fourth-order valence-corrected chi connectivity index (χ4v) is 3.26. The largest absolute Gasteiger partial charge is 0.497 e. The second kappa shape index (κ2) is 11.2. The van der Waals surface area contributed by atoms with Crippen molar-refractivity contribution in [2.45, 2.75) is 25.4 Å². The lowest BCUT2D eigenvalue weighted by Gasteiger charge is -2.28. The Labute approximate surface area is 172 Å². The monoisotopic (exact) mass is 415 g/mol. The fraction of sp³-hybridized carbons (Fsp3) is 0.421. The van der Waals surface area contributed by atoms with Crippen molar-refractivity contribution in [3.05, 3.63) is 53.5 Å². The number of carbonyl (C=O) groups is 1. The highest BCUT2D eigenvalue weighted by atomic mass is 35.5. The number of carbonyl (C=O) groups excluding carboxylic acids is 1. The van der Waals surface area contributed by atoms with Crippen LogP contribution in [0.5, 0.6) is 5.75 Å². The molecule has 0 bridgehead atoms. The van der Waals surface area contributed by atoms with Crippen LogP contribution in [-0.4, -0.2) is 37.6 Å². The number of methoxy groups -OCH3 is 1. The second-order valence-electron chi connectivity index (χ2n) is 6.25. The molecule has 1 aliphatic heterocycles. The number of likely N-dealkylation sites (tertiary alicyclic amines) is 1. The Morgan fingerprint density at radius 1 is 1.30 bits per heavy atom. The minimum atomic E-state index is -0.143. The predicted molar refractivity (Wildman–Crippen MR) is 110 cm³/mol. The van der Waals surface area contributed by atoms with Gasteiger partial charge in [0.15, 0.2) is 0 Å². The maximum Gasteiger partial charge on any atom is 0.254 e. The quantitative estimate of drug-likeness (QED) is 0.725. The molecule has 0 spiro atoms. The van der Waals surface area contributed by atoms with E-state index < -0.39 is 0 Å². The number of nitrogens with one attached hydrogen (secondary N) is 1. The van der Waals surface area contributed by atoms with Gasteiger partial charge in [0, 0.05) is 6.54 Å². The molecule has 1 fully saturated rings. The maximum atomic E-state index is 12.4. The minimum absolute atomic E-state index is 0. The molecule has 3 N–H and O–H groups in total. The van der Waals surface area contributed by atoms with Gasteiger partial charge in [0.25, 0.3) is 5.91 Å². The number of ether oxygens (including phenoxy) is 1. The number of halogens is 2. The summed E-state index contributed by atoms with van der Waals surface area (Å²) in [6.45, 7) is 2.91. The first-order valence-corrected chi connectivity index (χ1v) is 8.65. The van der Waals surface area contributed by atoms with Crippen molar-refractivity contribution in [2.24, 2.45) is 5.73 Å². The highest BCUT2D eigenvalue weighted by molar-refractivity contribution is 5.94. The molecule has 1 aliphatic rings. The molecule has 1 saturated heterocycles. The van der Waals surface area contributed by atoms with Crippen molar-refractivity contribution in [3.8, 4) is 5.75 Å². The van der Waals surface area contributed by atoms with E-state index in [-0.39, 0.29) is 43.3 Å².